The topological polar surface area (TPSA) is 117 Å². The molecule has 9 heteroatoms. The largest absolute Gasteiger partial charge is 0.432 e. The van der Waals surface area contributed by atoms with Crippen molar-refractivity contribution in [1.29, 1.82) is 0 Å². The Labute approximate surface area is 175 Å². The van der Waals surface area contributed by atoms with E-state index in [1.807, 2.05) is 33.5 Å². The van der Waals surface area contributed by atoms with E-state index >= 15 is 0 Å². The maximum Gasteiger partial charge on any atom is 0.306 e. The molecule has 0 radical (unpaired) electrons. The number of nitrogens with two attached hydrogens (primary N) is 1. The summed E-state index contributed by atoms with van der Waals surface area (Å²) in [4.78, 5) is 25.1. The average Bonchev–Trinajstić information content (AvgIpc) is 3.18. The Kier molecular flexibility index (Phi) is 3.76. The lowest BCUT2D eigenvalue weighted by atomic mass is 10.0. The Balaban J connectivity index is 1.63. The molecule has 152 valence electrons. The minimum absolute atomic E-state index is 0.446. The summed E-state index contributed by atoms with van der Waals surface area (Å²) in [5, 5.41) is 5.54. The molecule has 0 unspecified atom stereocenters. The van der Waals surface area contributed by atoms with E-state index in [1.54, 1.807) is 30.9 Å². The summed E-state index contributed by atoms with van der Waals surface area (Å²) in [5.74, 6) is -0.0907. The second kappa shape index (κ2) is 6.63. The van der Waals surface area contributed by atoms with Crippen LogP contribution in [0, 0.1) is 0 Å². The Morgan fingerprint density at radius 1 is 1.23 bits per heavy atom. The van der Waals surface area contributed by atoms with E-state index in [1.165, 1.54) is 6.08 Å². The van der Waals surface area contributed by atoms with Gasteiger partial charge in [-0.05, 0) is 42.7 Å². The van der Waals surface area contributed by atoms with Gasteiger partial charge in [0.2, 0.25) is 5.91 Å². The fourth-order valence-corrected chi connectivity index (χ4v) is 3.81. The van der Waals surface area contributed by atoms with E-state index < -0.39 is 5.91 Å². The number of hydrogen-bond acceptors (Lipinski definition) is 6. The van der Waals surface area contributed by atoms with Gasteiger partial charge in [0.1, 0.15) is 17.7 Å². The summed E-state index contributed by atoms with van der Waals surface area (Å²) in [6.45, 7) is 0. The zero-order chi connectivity index (χ0) is 20.9. The van der Waals surface area contributed by atoms with Crippen LogP contribution in [-0.2, 0) is 4.79 Å². The highest BCUT2D eigenvalue weighted by Crippen LogP contribution is 2.38. The smallest absolute Gasteiger partial charge is 0.306 e. The van der Waals surface area contributed by atoms with Crippen LogP contribution in [0.15, 0.2) is 59.7 Å². The fourth-order valence-electron chi connectivity index (χ4n) is 3.81. The molecule has 5 aromatic heterocycles. The maximum atomic E-state index is 11.5. The monoisotopic (exact) mass is 411 g/mol. The van der Waals surface area contributed by atoms with E-state index in [2.05, 4.69) is 9.97 Å². The predicted octanol–water partition coefficient (Wildman–Crippen LogP) is 3.23. The molecule has 0 spiro atoms. The quantitative estimate of drug-likeness (QED) is 0.444. The Morgan fingerprint density at radius 3 is 2.97 bits per heavy atom. The minimum Gasteiger partial charge on any atom is -0.432 e. The lowest BCUT2D eigenvalue weighted by Gasteiger charge is -2.10. The van der Waals surface area contributed by atoms with Crippen molar-refractivity contribution in [3.8, 4) is 22.6 Å². The predicted molar refractivity (Wildman–Crippen MR) is 114 cm³/mol. The number of hydrogen-bond donors (Lipinski definition) is 1. The highest BCUT2D eigenvalue weighted by molar-refractivity contribution is 5.99. The van der Waals surface area contributed by atoms with E-state index in [9.17, 15) is 4.79 Å². The first-order chi connectivity index (χ1) is 15.2. The van der Waals surface area contributed by atoms with Gasteiger partial charge in [-0.1, -0.05) is 0 Å². The number of imidazole rings is 1. The fraction of sp³-hybridized carbons (Fsp3) is 0.136. The third kappa shape index (κ3) is 2.90. The second-order valence-electron chi connectivity index (χ2n) is 7.47. The average molecular weight is 411 g/mol. The molecule has 1 fully saturated rings. The van der Waals surface area contributed by atoms with Gasteiger partial charge in [-0.2, -0.15) is 10.1 Å². The van der Waals surface area contributed by atoms with Crippen molar-refractivity contribution >= 4 is 28.9 Å². The van der Waals surface area contributed by atoms with Gasteiger partial charge < -0.3 is 10.2 Å². The van der Waals surface area contributed by atoms with Crippen LogP contribution >= 0.6 is 0 Å². The maximum absolute atomic E-state index is 11.5. The normalized spacial score (nSPS) is 14.2. The van der Waals surface area contributed by atoms with E-state index in [-0.39, 0.29) is 0 Å². The first-order valence-corrected chi connectivity index (χ1v) is 9.92. The van der Waals surface area contributed by atoms with Crippen LogP contribution in [0.1, 0.15) is 24.4 Å². The van der Waals surface area contributed by atoms with Crippen LogP contribution < -0.4 is 5.73 Å². The molecule has 0 atom stereocenters. The van der Waals surface area contributed by atoms with Crippen molar-refractivity contribution in [2.75, 3.05) is 0 Å². The number of amides is 1. The van der Waals surface area contributed by atoms with Crippen LogP contribution in [0.2, 0.25) is 0 Å². The molecule has 1 aliphatic rings. The Morgan fingerprint density at radius 2 is 2.13 bits per heavy atom. The van der Waals surface area contributed by atoms with Gasteiger partial charge in [0, 0.05) is 41.8 Å². The Hall–Kier alpha value is -4.27. The van der Waals surface area contributed by atoms with Crippen LogP contribution in [0.25, 0.3) is 45.6 Å². The van der Waals surface area contributed by atoms with Gasteiger partial charge in [-0.3, -0.25) is 13.9 Å². The molecule has 0 aromatic carbocycles. The van der Waals surface area contributed by atoms with Crippen molar-refractivity contribution in [2.45, 2.75) is 18.9 Å². The van der Waals surface area contributed by atoms with Gasteiger partial charge in [0.05, 0.1) is 11.7 Å². The van der Waals surface area contributed by atoms with Crippen molar-refractivity contribution in [2.24, 2.45) is 5.73 Å². The van der Waals surface area contributed by atoms with Gasteiger partial charge in [-0.25, -0.2) is 9.97 Å². The number of carbonyl (C=O) groups excluding carboxylic acids is 1. The number of pyridine rings is 2. The number of aromatic nitrogens is 6. The van der Waals surface area contributed by atoms with Gasteiger partial charge in [0.25, 0.3) is 0 Å². The summed E-state index contributed by atoms with van der Waals surface area (Å²) in [5.41, 5.74) is 9.68. The molecule has 6 rings (SSSR count). The molecular weight excluding hydrogens is 394 g/mol. The van der Waals surface area contributed by atoms with Crippen LogP contribution in [0.5, 0.6) is 0 Å². The van der Waals surface area contributed by atoms with Crippen molar-refractivity contribution in [3.05, 3.63) is 60.9 Å². The second-order valence-corrected chi connectivity index (χ2v) is 7.47. The third-order valence-corrected chi connectivity index (χ3v) is 5.39. The zero-order valence-corrected chi connectivity index (χ0v) is 16.3. The first kappa shape index (κ1) is 17.6. The lowest BCUT2D eigenvalue weighted by Crippen LogP contribution is -2.05. The number of carbonyl (C=O) groups is 1. The number of fused-ring (bicyclic) bond motifs is 2. The van der Waals surface area contributed by atoms with Crippen molar-refractivity contribution in [3.63, 3.8) is 0 Å². The number of primary amides is 1. The van der Waals surface area contributed by atoms with Gasteiger partial charge >= 0.3 is 5.84 Å². The van der Waals surface area contributed by atoms with Crippen molar-refractivity contribution < 1.29 is 9.21 Å². The molecule has 5 aromatic rings. The van der Waals surface area contributed by atoms with Crippen molar-refractivity contribution in [1.82, 2.24) is 29.1 Å². The van der Waals surface area contributed by atoms with E-state index in [0.29, 0.717) is 23.2 Å². The van der Waals surface area contributed by atoms with Gasteiger partial charge in [-0.15, -0.1) is 0 Å². The van der Waals surface area contributed by atoms with Crippen LogP contribution in [-0.4, -0.2) is 35.0 Å². The SMILES string of the molecule is NC(=O)/C=C/c1c(-c2c(-c3ccn(C4CC4)n3)nc3occn23)cnc2ncccc12. The summed E-state index contributed by atoms with van der Waals surface area (Å²) >= 11 is 0. The minimum atomic E-state index is -0.537. The molecule has 5 heterocycles. The highest BCUT2D eigenvalue weighted by atomic mass is 16.3. The Bertz CT molecular complexity index is 1490. The standard InChI is InChI=1S/C22H17N7O2/c23-18(30)6-5-14-15-2-1-8-24-21(15)25-12-16(14)20-19(26-22-28(20)10-11-31-22)17-7-9-29(27-17)13-3-4-13/h1-2,5-13H,3-4H2,(H2,23,30)/b6-5+. The summed E-state index contributed by atoms with van der Waals surface area (Å²) in [6, 6.07) is 6.16. The molecule has 1 saturated carbocycles. The third-order valence-electron chi connectivity index (χ3n) is 5.39. The number of nitrogens with zero attached hydrogens (tertiary/aromatic N) is 6. The number of rotatable bonds is 5. The summed E-state index contributed by atoms with van der Waals surface area (Å²) in [6.07, 6.45) is 14.1. The molecular formula is C22H17N7O2. The number of oxazole rings is 1. The molecule has 2 N–H and O–H groups in total. The molecule has 0 saturated heterocycles. The first-order valence-electron chi connectivity index (χ1n) is 9.92. The molecule has 0 aliphatic heterocycles. The van der Waals surface area contributed by atoms with E-state index in [0.717, 1.165) is 40.7 Å². The lowest BCUT2D eigenvalue weighted by molar-refractivity contribution is -0.113. The molecule has 31 heavy (non-hydrogen) atoms. The molecule has 1 aliphatic carbocycles. The summed E-state index contributed by atoms with van der Waals surface area (Å²) in [7, 11) is 0. The van der Waals surface area contributed by atoms with Crippen LogP contribution in [0.3, 0.4) is 0 Å². The zero-order valence-electron chi connectivity index (χ0n) is 16.3. The van der Waals surface area contributed by atoms with Crippen LogP contribution in [0.4, 0.5) is 0 Å². The highest BCUT2D eigenvalue weighted by Gasteiger charge is 2.27. The van der Waals surface area contributed by atoms with Gasteiger partial charge in [0.15, 0.2) is 5.65 Å². The summed E-state index contributed by atoms with van der Waals surface area (Å²) < 4.78 is 9.40. The molecule has 9 nitrogen and oxygen atoms in total. The van der Waals surface area contributed by atoms with E-state index in [4.69, 9.17) is 20.2 Å². The molecule has 1 amide bonds. The molecule has 0 bridgehead atoms.